The molecule has 0 radical (unpaired) electrons. The second-order valence-electron chi connectivity index (χ2n) is 13.8. The van der Waals surface area contributed by atoms with Gasteiger partial charge in [-0.2, -0.15) is 0 Å². The van der Waals surface area contributed by atoms with Crippen LogP contribution in [0, 0.1) is 11.3 Å². The molecule has 2 aliphatic rings. The highest BCUT2D eigenvalue weighted by Crippen LogP contribution is 2.45. The Balaban J connectivity index is 1.51. The van der Waals surface area contributed by atoms with Crippen molar-refractivity contribution in [1.29, 1.82) is 0 Å². The Bertz CT molecular complexity index is 1760. The number of methoxy groups -OCH3 is 1. The monoisotopic (exact) mass is 672 g/mol. The van der Waals surface area contributed by atoms with Crippen LogP contribution >= 0.6 is 0 Å². The number of hydrogen-bond donors (Lipinski definition) is 4. The maximum atomic E-state index is 14.4. The second-order valence-corrected chi connectivity index (χ2v) is 13.8. The fourth-order valence-corrected chi connectivity index (χ4v) is 6.21. The smallest absolute Gasteiger partial charge is 0.330 e. The van der Waals surface area contributed by atoms with Gasteiger partial charge in [-0.1, -0.05) is 57.2 Å². The minimum Gasteiger partial charge on any atom is -0.497 e. The first-order valence-corrected chi connectivity index (χ1v) is 16.1. The summed E-state index contributed by atoms with van der Waals surface area (Å²) in [5.41, 5.74) is 2.51. The lowest BCUT2D eigenvalue weighted by Crippen LogP contribution is -2.60. The van der Waals surface area contributed by atoms with Crippen molar-refractivity contribution in [1.82, 2.24) is 31.0 Å². The molecule has 1 aromatic heterocycles. The Morgan fingerprint density at radius 1 is 1.12 bits per heavy atom. The molecule has 13 heteroatoms. The zero-order valence-corrected chi connectivity index (χ0v) is 28.6. The van der Waals surface area contributed by atoms with E-state index in [1.54, 1.807) is 27.3 Å². The number of nitrogens with zero attached hydrogens (tertiary/aromatic N) is 3. The third-order valence-corrected chi connectivity index (χ3v) is 8.93. The first-order chi connectivity index (χ1) is 23.2. The van der Waals surface area contributed by atoms with Crippen LogP contribution in [0.4, 0.5) is 4.79 Å². The van der Waals surface area contributed by atoms with E-state index in [1.807, 2.05) is 69.3 Å². The van der Waals surface area contributed by atoms with Crippen LogP contribution in [0.2, 0.25) is 0 Å². The van der Waals surface area contributed by atoms with E-state index in [4.69, 9.17) is 14.5 Å². The van der Waals surface area contributed by atoms with E-state index in [-0.39, 0.29) is 19.4 Å². The van der Waals surface area contributed by atoms with Crippen molar-refractivity contribution < 1.29 is 33.8 Å². The lowest BCUT2D eigenvalue weighted by molar-refractivity contribution is -0.146. The van der Waals surface area contributed by atoms with Crippen LogP contribution in [0.5, 0.6) is 11.5 Å². The Morgan fingerprint density at radius 2 is 1.84 bits per heavy atom. The number of urea groups is 1. The number of carboxylic acids is 1. The molecule has 0 bridgehead atoms. The molecule has 1 saturated heterocycles. The molecule has 4 amide bonds. The second kappa shape index (κ2) is 13.7. The topological polar surface area (TPSA) is 162 Å². The number of rotatable bonds is 11. The predicted octanol–water partition coefficient (Wildman–Crippen LogP) is 3.59. The molecule has 260 valence electrons. The van der Waals surface area contributed by atoms with E-state index in [0.29, 0.717) is 28.1 Å². The third-order valence-electron chi connectivity index (χ3n) is 8.93. The highest BCUT2D eigenvalue weighted by atomic mass is 16.5. The molecular formula is C36H44N6O7. The molecule has 1 saturated carbocycles. The lowest BCUT2D eigenvalue weighted by Gasteiger charge is -2.35. The summed E-state index contributed by atoms with van der Waals surface area (Å²) in [6.45, 7) is 9.15. The molecule has 0 spiro atoms. The summed E-state index contributed by atoms with van der Waals surface area (Å²) in [5, 5.41) is 17.6. The number of carbonyl (C=O) groups is 4. The van der Waals surface area contributed by atoms with E-state index in [2.05, 4.69) is 22.6 Å². The number of benzene rings is 2. The molecule has 13 nitrogen and oxygen atoms in total. The van der Waals surface area contributed by atoms with E-state index in [0.717, 1.165) is 5.56 Å². The van der Waals surface area contributed by atoms with Crippen LogP contribution in [0.15, 0.2) is 67.3 Å². The summed E-state index contributed by atoms with van der Waals surface area (Å²) in [6.07, 6.45) is 1.12. The quantitative estimate of drug-likeness (QED) is 0.176. The van der Waals surface area contributed by atoms with Crippen LogP contribution in [-0.4, -0.2) is 95.3 Å². The average molecular weight is 673 g/mol. The highest BCUT2D eigenvalue weighted by Gasteiger charge is 2.61. The van der Waals surface area contributed by atoms with Gasteiger partial charge in [-0.3, -0.25) is 15.0 Å². The van der Waals surface area contributed by atoms with Gasteiger partial charge in [-0.05, 0) is 24.0 Å². The molecule has 5 atom stereocenters. The molecule has 49 heavy (non-hydrogen) atoms. The van der Waals surface area contributed by atoms with Gasteiger partial charge in [-0.15, -0.1) is 6.58 Å². The van der Waals surface area contributed by atoms with Crippen molar-refractivity contribution in [2.45, 2.75) is 57.3 Å². The van der Waals surface area contributed by atoms with Crippen LogP contribution in [0.25, 0.3) is 22.2 Å². The molecule has 2 aromatic carbocycles. The Morgan fingerprint density at radius 3 is 2.43 bits per heavy atom. The molecule has 1 unspecified atom stereocenters. The maximum Gasteiger partial charge on any atom is 0.330 e. The number of hydrazine groups is 1. The number of amides is 4. The van der Waals surface area contributed by atoms with E-state index in [1.165, 1.54) is 16.0 Å². The number of carbonyl (C=O) groups excluding carboxylic acids is 3. The predicted molar refractivity (Wildman–Crippen MR) is 184 cm³/mol. The Kier molecular flexibility index (Phi) is 9.86. The number of hydrogen-bond acceptors (Lipinski definition) is 8. The standard InChI is InChI=1S/C36H44N6O7/c1-8-22-19-36(22,33(45)46)39-31(43)28-17-24(20-42(28)32(44)30(35(2,3)4)38-34(47)40-41(5)6)49-29-18-26(21-12-10-9-11-13-21)37-27-16-23(48-7)14-15-25(27)29/h8-16,18,22,24,28,30H,1,17,19-20H2,2-7H3,(H,39,43)(H,45,46)(H2,38,40,47)/t22-,24+,28-,30+,36?/m0/s1. The van der Waals surface area contributed by atoms with Crippen molar-refractivity contribution in [3.8, 4) is 22.8 Å². The summed E-state index contributed by atoms with van der Waals surface area (Å²) in [4.78, 5) is 59.6. The van der Waals surface area contributed by atoms with Gasteiger partial charge in [0.1, 0.15) is 35.2 Å². The number of likely N-dealkylation sites (tertiary alicyclic amines) is 1. The third kappa shape index (κ3) is 7.46. The van der Waals surface area contributed by atoms with Gasteiger partial charge in [-0.25, -0.2) is 19.6 Å². The van der Waals surface area contributed by atoms with E-state index >= 15 is 0 Å². The Labute approximate surface area is 285 Å². The number of ether oxygens (including phenoxy) is 2. The van der Waals surface area contributed by atoms with Gasteiger partial charge >= 0.3 is 12.0 Å². The zero-order chi connectivity index (χ0) is 35.7. The van der Waals surface area contributed by atoms with E-state index < -0.39 is 58.9 Å². The normalized spacial score (nSPS) is 22.3. The van der Waals surface area contributed by atoms with Gasteiger partial charge in [0, 0.05) is 49.5 Å². The van der Waals surface area contributed by atoms with Crippen molar-refractivity contribution in [2.75, 3.05) is 27.7 Å². The van der Waals surface area contributed by atoms with Crippen molar-refractivity contribution in [3.05, 3.63) is 67.3 Å². The van der Waals surface area contributed by atoms with E-state index in [9.17, 15) is 24.3 Å². The van der Waals surface area contributed by atoms with Gasteiger partial charge in [0.2, 0.25) is 11.8 Å². The number of nitrogens with one attached hydrogen (secondary N) is 3. The Hall–Kier alpha value is -5.17. The first kappa shape index (κ1) is 35.1. The number of aliphatic carboxylic acids is 1. The summed E-state index contributed by atoms with van der Waals surface area (Å²) >= 11 is 0. The largest absolute Gasteiger partial charge is 0.497 e. The number of carboxylic acid groups (broad SMARTS) is 1. The zero-order valence-electron chi connectivity index (χ0n) is 28.6. The van der Waals surface area contributed by atoms with Gasteiger partial charge in [0.15, 0.2) is 0 Å². The van der Waals surface area contributed by atoms with Crippen molar-refractivity contribution in [2.24, 2.45) is 11.3 Å². The molecule has 2 heterocycles. The summed E-state index contributed by atoms with van der Waals surface area (Å²) < 4.78 is 12.1. The van der Waals surface area contributed by atoms with Crippen LogP contribution in [-0.2, 0) is 14.4 Å². The summed E-state index contributed by atoms with van der Waals surface area (Å²) in [6, 6.07) is 14.2. The molecule has 5 rings (SSSR count). The van der Waals surface area contributed by atoms with Crippen molar-refractivity contribution in [3.63, 3.8) is 0 Å². The van der Waals surface area contributed by atoms with Crippen LogP contribution in [0.3, 0.4) is 0 Å². The van der Waals surface area contributed by atoms with Crippen molar-refractivity contribution >= 4 is 34.7 Å². The lowest BCUT2D eigenvalue weighted by atomic mass is 9.85. The number of aromatic nitrogens is 1. The highest BCUT2D eigenvalue weighted by molar-refractivity contribution is 5.96. The molecular weight excluding hydrogens is 628 g/mol. The molecule has 3 aromatic rings. The molecule has 1 aliphatic carbocycles. The number of fused-ring (bicyclic) bond motifs is 1. The SMILES string of the molecule is C=C[C@H]1CC1(NC(=O)[C@@H]1C[C@@H](Oc2cc(-c3ccccc3)nc3cc(OC)ccc23)CN1C(=O)[C@@H](NC(=O)NN(C)C)C(C)(C)C)C(=O)O. The summed E-state index contributed by atoms with van der Waals surface area (Å²) in [5.74, 6) is -1.61. The molecule has 2 fully saturated rings. The summed E-state index contributed by atoms with van der Waals surface area (Å²) in [7, 11) is 4.86. The average Bonchev–Trinajstić information content (AvgIpc) is 3.62. The van der Waals surface area contributed by atoms with Gasteiger partial charge < -0.3 is 30.1 Å². The first-order valence-electron chi connectivity index (χ1n) is 16.1. The fourth-order valence-electron chi connectivity index (χ4n) is 6.21. The molecule has 1 aliphatic heterocycles. The minimum absolute atomic E-state index is 0.00603. The van der Waals surface area contributed by atoms with Gasteiger partial charge in [0.05, 0.1) is 24.9 Å². The maximum absolute atomic E-state index is 14.4. The number of pyridine rings is 1. The molecule has 4 N–H and O–H groups in total. The van der Waals surface area contributed by atoms with Crippen LogP contribution in [0.1, 0.15) is 33.6 Å². The van der Waals surface area contributed by atoms with Gasteiger partial charge in [0.25, 0.3) is 0 Å². The fraction of sp³-hybridized carbons (Fsp3) is 0.417. The minimum atomic E-state index is -1.50. The van der Waals surface area contributed by atoms with Crippen LogP contribution < -0.4 is 25.5 Å².